The molecule has 4 amide bonds. The van der Waals surface area contributed by atoms with Gasteiger partial charge in [-0.25, -0.2) is 18.5 Å². The fourth-order valence-electron chi connectivity index (χ4n) is 9.00. The van der Waals surface area contributed by atoms with Crippen molar-refractivity contribution in [2.24, 2.45) is 23.2 Å². The molecule has 7 rings (SSSR count). The Morgan fingerprint density at radius 3 is 2.35 bits per heavy atom. The van der Waals surface area contributed by atoms with Crippen molar-refractivity contribution in [3.8, 4) is 22.9 Å². The van der Waals surface area contributed by atoms with Crippen LogP contribution in [-0.2, 0) is 30.4 Å². The van der Waals surface area contributed by atoms with E-state index in [0.717, 1.165) is 9.87 Å². The number of aryl methyl sites for hydroxylation is 1. The standard InChI is InChI=1S/C45H58F3N7O8S2/c1-9-26-21-44(26,41(59)55(65(60)61)28-10-11-28)52-39(57)34-18-29(22-54(34)40(58)31(43(5,6)7)19-37(56)53-16-14-27(15-17-53)45(46,47)48)63-36-20-32(33-23-64-42(51-33)49-24(2)3)50-38-25(4)35(62-8)13-12-30(36)38/h9,12-13,20,23-24,26-29,31,34H,1,10-11,14-19,21-22H2,2-8H3,(H,49,51)(H,52,57)(H,60,61)/t26-,29-,31-,34+,44?/m1/s1. The Balaban J connectivity index is 1.22. The molecule has 2 saturated carbocycles. The van der Waals surface area contributed by atoms with Gasteiger partial charge in [0.1, 0.15) is 34.9 Å². The summed E-state index contributed by atoms with van der Waals surface area (Å²) in [6.45, 7) is 14.8. The van der Waals surface area contributed by atoms with E-state index < -0.39 is 88.0 Å². The molecular weight excluding hydrogens is 888 g/mol. The summed E-state index contributed by atoms with van der Waals surface area (Å²) in [5.41, 5.74) is 0.00705. The first-order valence-electron chi connectivity index (χ1n) is 22.0. The fraction of sp³-hybridized carbons (Fsp3) is 0.600. The number of fused-ring (bicyclic) bond motifs is 1. The lowest BCUT2D eigenvalue weighted by molar-refractivity contribution is -0.186. The molecular formula is C45H58F3N7O8S2. The molecule has 2 aromatic heterocycles. The summed E-state index contributed by atoms with van der Waals surface area (Å²) in [6, 6.07) is 3.83. The van der Waals surface area contributed by atoms with Gasteiger partial charge in [-0.2, -0.15) is 13.2 Å². The third-order valence-electron chi connectivity index (χ3n) is 13.0. The topological polar surface area (TPSA) is 184 Å². The van der Waals surface area contributed by atoms with Crippen LogP contribution < -0.4 is 20.1 Å². The second-order valence-corrected chi connectivity index (χ2v) is 20.7. The highest BCUT2D eigenvalue weighted by atomic mass is 32.2. The van der Waals surface area contributed by atoms with Crippen LogP contribution in [-0.4, -0.2) is 119 Å². The number of piperidine rings is 1. The van der Waals surface area contributed by atoms with Gasteiger partial charge in [0.2, 0.25) is 17.7 Å². The Labute approximate surface area is 383 Å². The minimum atomic E-state index is -4.37. The van der Waals surface area contributed by atoms with E-state index in [1.807, 2.05) is 32.2 Å². The van der Waals surface area contributed by atoms with Gasteiger partial charge in [0.15, 0.2) is 5.13 Å². The molecule has 20 heteroatoms. The molecule has 0 spiro atoms. The number of nitrogens with zero attached hydrogens (tertiary/aromatic N) is 5. The quantitative estimate of drug-likeness (QED) is 0.107. The highest BCUT2D eigenvalue weighted by Gasteiger charge is 2.64. The lowest BCUT2D eigenvalue weighted by Crippen LogP contribution is -2.57. The summed E-state index contributed by atoms with van der Waals surface area (Å²) >= 11 is -1.22. The number of likely N-dealkylation sites (tertiary alicyclic amines) is 2. The molecule has 3 aromatic rings. The molecule has 1 aromatic carbocycles. The van der Waals surface area contributed by atoms with Gasteiger partial charge in [0.05, 0.1) is 36.7 Å². The molecule has 2 saturated heterocycles. The number of alkyl halides is 3. The van der Waals surface area contributed by atoms with Crippen LogP contribution in [0.3, 0.4) is 0 Å². The predicted octanol–water partition coefficient (Wildman–Crippen LogP) is 6.89. The zero-order chi connectivity index (χ0) is 47.3. The van der Waals surface area contributed by atoms with Gasteiger partial charge in [-0.1, -0.05) is 26.8 Å². The van der Waals surface area contributed by atoms with E-state index in [0.29, 0.717) is 51.8 Å². The highest BCUT2D eigenvalue weighted by molar-refractivity contribution is 7.77. The first-order valence-corrected chi connectivity index (χ1v) is 23.9. The third kappa shape index (κ3) is 10.1. The van der Waals surface area contributed by atoms with Crippen molar-refractivity contribution < 1.29 is 50.6 Å². The van der Waals surface area contributed by atoms with Crippen molar-refractivity contribution in [3.05, 3.63) is 41.8 Å². The molecule has 2 unspecified atom stereocenters. The Morgan fingerprint density at radius 1 is 1.09 bits per heavy atom. The number of carbonyl (C=O) groups excluding carboxylic acids is 4. The van der Waals surface area contributed by atoms with Crippen LogP contribution >= 0.6 is 11.3 Å². The number of ether oxygens (including phenoxy) is 2. The van der Waals surface area contributed by atoms with Gasteiger partial charge in [0, 0.05) is 66.3 Å². The van der Waals surface area contributed by atoms with E-state index in [1.165, 1.54) is 27.2 Å². The normalized spacial score (nSPS) is 23.5. The average molecular weight is 946 g/mol. The largest absolute Gasteiger partial charge is 0.496 e. The van der Waals surface area contributed by atoms with Crippen molar-refractivity contribution in [3.63, 3.8) is 0 Å². The second kappa shape index (κ2) is 18.5. The van der Waals surface area contributed by atoms with Crippen molar-refractivity contribution >= 4 is 62.3 Å². The molecule has 15 nitrogen and oxygen atoms in total. The summed E-state index contributed by atoms with van der Waals surface area (Å²) < 4.78 is 76.4. The Hall–Kier alpha value is -4.82. The third-order valence-corrected chi connectivity index (χ3v) is 14.6. The number of amides is 4. The maximum Gasteiger partial charge on any atom is 0.391 e. The molecule has 2 aliphatic heterocycles. The van der Waals surface area contributed by atoms with Gasteiger partial charge in [-0.05, 0) is 70.4 Å². The summed E-state index contributed by atoms with van der Waals surface area (Å²) in [6.07, 6.45) is -3.28. The molecule has 4 aliphatic rings. The zero-order valence-corrected chi connectivity index (χ0v) is 39.3. The number of benzene rings is 1. The van der Waals surface area contributed by atoms with E-state index in [2.05, 4.69) is 17.2 Å². The number of rotatable bonds is 15. The molecule has 0 bridgehead atoms. The first-order chi connectivity index (χ1) is 30.6. The maximum absolute atomic E-state index is 15.1. The van der Waals surface area contributed by atoms with Crippen LogP contribution in [0, 0.1) is 30.1 Å². The van der Waals surface area contributed by atoms with Crippen LogP contribution in [0.5, 0.6) is 11.5 Å². The minimum absolute atomic E-state index is 0.0396. The Bertz CT molecular complexity index is 2360. The number of aromatic nitrogens is 2. The number of carbonyl (C=O) groups is 4. The molecule has 65 heavy (non-hydrogen) atoms. The second-order valence-electron chi connectivity index (χ2n) is 19.0. The number of nitrogens with one attached hydrogen (secondary N) is 2. The molecule has 354 valence electrons. The minimum Gasteiger partial charge on any atom is -0.496 e. The molecule has 4 fully saturated rings. The number of anilines is 1. The average Bonchev–Trinajstić information content (AvgIpc) is 4.11. The van der Waals surface area contributed by atoms with E-state index in [-0.39, 0.29) is 57.8 Å². The van der Waals surface area contributed by atoms with Crippen LogP contribution in [0.25, 0.3) is 22.3 Å². The number of hydrogen-bond acceptors (Lipinski definition) is 11. The lowest BCUT2D eigenvalue weighted by atomic mass is 9.77. The number of thiazole rings is 1. The van der Waals surface area contributed by atoms with Crippen LogP contribution in [0.4, 0.5) is 18.3 Å². The number of hydrogen-bond donors (Lipinski definition) is 3. The van der Waals surface area contributed by atoms with E-state index >= 15 is 4.79 Å². The van der Waals surface area contributed by atoms with Crippen molar-refractivity contribution in [1.29, 1.82) is 0 Å². The monoisotopic (exact) mass is 945 g/mol. The fourth-order valence-corrected chi connectivity index (χ4v) is 10.6. The van der Waals surface area contributed by atoms with Crippen molar-refractivity contribution in [1.82, 2.24) is 29.4 Å². The van der Waals surface area contributed by atoms with Crippen LogP contribution in [0.2, 0.25) is 0 Å². The highest BCUT2D eigenvalue weighted by Crippen LogP contribution is 2.48. The summed E-state index contributed by atoms with van der Waals surface area (Å²) in [5.74, 6) is -4.48. The van der Waals surface area contributed by atoms with Gasteiger partial charge >= 0.3 is 6.18 Å². The first kappa shape index (κ1) is 48.1. The molecule has 0 radical (unpaired) electrons. The van der Waals surface area contributed by atoms with Gasteiger partial charge in [-0.15, -0.1) is 17.9 Å². The van der Waals surface area contributed by atoms with E-state index in [1.54, 1.807) is 40.0 Å². The molecule has 6 atom stereocenters. The van der Waals surface area contributed by atoms with E-state index in [9.17, 15) is 36.3 Å². The Morgan fingerprint density at radius 2 is 1.78 bits per heavy atom. The van der Waals surface area contributed by atoms with Crippen LogP contribution in [0.1, 0.15) is 85.1 Å². The summed E-state index contributed by atoms with van der Waals surface area (Å²) in [5, 5.41) is 9.40. The van der Waals surface area contributed by atoms with Gasteiger partial charge < -0.3 is 29.9 Å². The van der Waals surface area contributed by atoms with Crippen LogP contribution in [0.15, 0.2) is 36.2 Å². The maximum atomic E-state index is 15.1. The smallest absolute Gasteiger partial charge is 0.391 e. The number of methoxy groups -OCH3 is 1. The zero-order valence-electron chi connectivity index (χ0n) is 37.7. The van der Waals surface area contributed by atoms with E-state index in [4.69, 9.17) is 19.4 Å². The number of pyridine rings is 1. The van der Waals surface area contributed by atoms with Crippen molar-refractivity contribution in [2.45, 2.75) is 122 Å². The molecule has 2 aliphatic carbocycles. The Kier molecular flexibility index (Phi) is 13.7. The van der Waals surface area contributed by atoms with Gasteiger partial charge in [-0.3, -0.25) is 23.7 Å². The molecule has 3 N–H and O–H groups in total. The lowest BCUT2D eigenvalue weighted by Gasteiger charge is -2.37. The summed E-state index contributed by atoms with van der Waals surface area (Å²) in [4.78, 5) is 70.2. The predicted molar refractivity (Wildman–Crippen MR) is 240 cm³/mol. The number of halogens is 3. The SMILES string of the molecule is C=C[C@@H]1CC1(NC(=O)[C@@H]1C[C@@H](Oc2cc(-c3csc(NC(C)C)n3)nc3c(C)c(OC)ccc23)CN1C(=O)[C@@H](CC(=O)N1CCC(C(F)(F)F)CC1)C(C)(C)C)C(=O)N(C1CC1)S(=O)O. The summed E-state index contributed by atoms with van der Waals surface area (Å²) in [7, 11) is 1.56. The molecule has 4 heterocycles. The van der Waals surface area contributed by atoms with Crippen molar-refractivity contribution in [2.75, 3.05) is 32.1 Å². The van der Waals surface area contributed by atoms with Gasteiger partial charge in [0.25, 0.3) is 17.2 Å².